The minimum absolute atomic E-state index is 0.145. The third kappa shape index (κ3) is 2.87. The Labute approximate surface area is 141 Å². The highest BCUT2D eigenvalue weighted by atomic mass is 16.6. The first-order valence-electron chi connectivity index (χ1n) is 8.44. The molecule has 0 spiro atoms. The minimum Gasteiger partial charge on any atom is -0.339 e. The Morgan fingerprint density at radius 3 is 2.29 bits per heavy atom. The average Bonchev–Trinajstić information content (AvgIpc) is 2.88. The van der Waals surface area contributed by atoms with Crippen LogP contribution >= 0.6 is 0 Å². The van der Waals surface area contributed by atoms with Crippen molar-refractivity contribution in [1.82, 2.24) is 9.47 Å². The van der Waals surface area contributed by atoms with Crippen molar-refractivity contribution >= 4 is 27.5 Å². The third-order valence-corrected chi connectivity index (χ3v) is 4.75. The molecule has 2 aromatic carbocycles. The van der Waals surface area contributed by atoms with Crippen LogP contribution in [0.3, 0.4) is 0 Å². The third-order valence-electron chi connectivity index (χ3n) is 4.75. The maximum atomic E-state index is 11.1. The van der Waals surface area contributed by atoms with E-state index < -0.39 is 0 Å². The number of nitrogens with zero attached hydrogens (tertiary/aromatic N) is 3. The molecule has 0 aliphatic rings. The fourth-order valence-electron chi connectivity index (χ4n) is 3.34. The molecular weight excluding hydrogens is 302 g/mol. The molecule has 126 valence electrons. The molecule has 0 amide bonds. The van der Waals surface area contributed by atoms with Crippen molar-refractivity contribution in [1.29, 1.82) is 0 Å². The lowest BCUT2D eigenvalue weighted by Gasteiger charge is -2.19. The normalized spacial score (nSPS) is 11.7. The average molecular weight is 325 g/mol. The monoisotopic (exact) mass is 325 g/mol. The maximum Gasteiger partial charge on any atom is 0.270 e. The SMILES string of the molecule is CCN(CC)CCn1c2ccc(C)cc2c2cc([N+](=O)[O-])ccc21. The Bertz CT molecular complexity index is 894. The number of non-ortho nitro benzene ring substituents is 1. The lowest BCUT2D eigenvalue weighted by molar-refractivity contribution is -0.384. The van der Waals surface area contributed by atoms with Crippen LogP contribution in [-0.2, 0) is 6.54 Å². The summed E-state index contributed by atoms with van der Waals surface area (Å²) in [4.78, 5) is 13.2. The largest absolute Gasteiger partial charge is 0.339 e. The zero-order valence-electron chi connectivity index (χ0n) is 14.5. The fraction of sp³-hybridized carbons (Fsp3) is 0.368. The van der Waals surface area contributed by atoms with Crippen LogP contribution in [0.15, 0.2) is 36.4 Å². The smallest absolute Gasteiger partial charge is 0.270 e. The molecular formula is C19H23N3O2. The van der Waals surface area contributed by atoms with Crippen LogP contribution < -0.4 is 0 Å². The van der Waals surface area contributed by atoms with Crippen molar-refractivity contribution in [2.45, 2.75) is 27.3 Å². The van der Waals surface area contributed by atoms with E-state index >= 15 is 0 Å². The number of aryl methyl sites for hydroxylation is 1. The van der Waals surface area contributed by atoms with Gasteiger partial charge in [0.05, 0.1) is 4.92 Å². The van der Waals surface area contributed by atoms with Crippen molar-refractivity contribution in [3.63, 3.8) is 0 Å². The van der Waals surface area contributed by atoms with Crippen LogP contribution in [0.25, 0.3) is 21.8 Å². The molecule has 0 N–H and O–H groups in total. The molecule has 3 rings (SSSR count). The van der Waals surface area contributed by atoms with Crippen molar-refractivity contribution in [2.24, 2.45) is 0 Å². The summed E-state index contributed by atoms with van der Waals surface area (Å²) in [7, 11) is 0. The molecule has 24 heavy (non-hydrogen) atoms. The first-order chi connectivity index (χ1) is 11.5. The van der Waals surface area contributed by atoms with Crippen LogP contribution in [0.5, 0.6) is 0 Å². The van der Waals surface area contributed by atoms with Gasteiger partial charge in [0.1, 0.15) is 0 Å². The van der Waals surface area contributed by atoms with E-state index in [-0.39, 0.29) is 10.6 Å². The number of nitro benzene ring substituents is 1. The molecule has 0 fully saturated rings. The molecule has 0 bridgehead atoms. The van der Waals surface area contributed by atoms with Crippen LogP contribution in [-0.4, -0.2) is 34.0 Å². The lowest BCUT2D eigenvalue weighted by Crippen LogP contribution is -2.26. The summed E-state index contributed by atoms with van der Waals surface area (Å²) in [6.45, 7) is 10.3. The van der Waals surface area contributed by atoms with Gasteiger partial charge >= 0.3 is 0 Å². The standard InChI is InChI=1S/C19H23N3O2/c1-4-20(5-2)10-11-21-18-8-6-14(3)12-16(18)17-13-15(22(23)24)7-9-19(17)21/h6-9,12-13H,4-5,10-11H2,1-3H3. The summed E-state index contributed by atoms with van der Waals surface area (Å²) in [5.41, 5.74) is 3.51. The minimum atomic E-state index is -0.325. The van der Waals surface area contributed by atoms with Crippen LogP contribution in [0.4, 0.5) is 5.69 Å². The highest BCUT2D eigenvalue weighted by Crippen LogP contribution is 2.32. The zero-order chi connectivity index (χ0) is 17.3. The van der Waals surface area contributed by atoms with Crippen molar-refractivity contribution in [3.05, 3.63) is 52.1 Å². The van der Waals surface area contributed by atoms with Gasteiger partial charge in [-0.05, 0) is 38.2 Å². The predicted molar refractivity (Wildman–Crippen MR) is 98.6 cm³/mol. The zero-order valence-corrected chi connectivity index (χ0v) is 14.5. The van der Waals surface area contributed by atoms with Crippen LogP contribution in [0, 0.1) is 17.0 Å². The number of benzene rings is 2. The lowest BCUT2D eigenvalue weighted by atomic mass is 10.1. The molecule has 0 aliphatic carbocycles. The highest BCUT2D eigenvalue weighted by Gasteiger charge is 2.15. The summed E-state index contributed by atoms with van der Waals surface area (Å²) >= 11 is 0. The number of aromatic nitrogens is 1. The molecule has 0 atom stereocenters. The molecule has 5 nitrogen and oxygen atoms in total. The summed E-state index contributed by atoms with van der Waals surface area (Å²) < 4.78 is 2.28. The topological polar surface area (TPSA) is 51.3 Å². The number of hydrogen-bond donors (Lipinski definition) is 0. The van der Waals surface area contributed by atoms with Gasteiger partial charge in [-0.3, -0.25) is 10.1 Å². The Kier molecular flexibility index (Phi) is 4.53. The molecule has 0 unspecified atom stereocenters. The van der Waals surface area contributed by atoms with E-state index in [1.54, 1.807) is 12.1 Å². The Balaban J connectivity index is 2.17. The summed E-state index contributed by atoms with van der Waals surface area (Å²) in [5.74, 6) is 0. The molecule has 0 radical (unpaired) electrons. The van der Waals surface area contributed by atoms with Crippen molar-refractivity contribution in [3.8, 4) is 0 Å². The van der Waals surface area contributed by atoms with Gasteiger partial charge in [0.2, 0.25) is 0 Å². The molecule has 3 aromatic rings. The van der Waals surface area contributed by atoms with E-state index in [1.165, 1.54) is 0 Å². The van der Waals surface area contributed by atoms with Gasteiger partial charge in [0.15, 0.2) is 0 Å². The van der Waals surface area contributed by atoms with Gasteiger partial charge in [-0.2, -0.15) is 0 Å². The Morgan fingerprint density at radius 2 is 1.67 bits per heavy atom. The predicted octanol–water partition coefficient (Wildman–Crippen LogP) is 4.35. The number of fused-ring (bicyclic) bond motifs is 3. The van der Waals surface area contributed by atoms with Gasteiger partial charge in [-0.1, -0.05) is 25.5 Å². The second-order valence-corrected chi connectivity index (χ2v) is 6.16. The van der Waals surface area contributed by atoms with E-state index in [1.807, 2.05) is 6.07 Å². The second-order valence-electron chi connectivity index (χ2n) is 6.16. The Hall–Kier alpha value is -2.40. The van der Waals surface area contributed by atoms with Gasteiger partial charge in [-0.15, -0.1) is 0 Å². The van der Waals surface area contributed by atoms with E-state index in [2.05, 4.69) is 48.4 Å². The number of nitro groups is 1. The summed E-state index contributed by atoms with van der Waals surface area (Å²) in [6.07, 6.45) is 0. The molecule has 5 heteroatoms. The van der Waals surface area contributed by atoms with Crippen molar-refractivity contribution < 1.29 is 4.92 Å². The quantitative estimate of drug-likeness (QED) is 0.500. The summed E-state index contributed by atoms with van der Waals surface area (Å²) in [6, 6.07) is 11.5. The molecule has 1 heterocycles. The maximum absolute atomic E-state index is 11.1. The van der Waals surface area contributed by atoms with Gasteiger partial charge in [0.25, 0.3) is 5.69 Å². The molecule has 1 aromatic heterocycles. The molecule has 0 saturated carbocycles. The van der Waals surface area contributed by atoms with E-state index in [9.17, 15) is 10.1 Å². The number of likely N-dealkylation sites (N-methyl/N-ethyl adjacent to an activating group) is 1. The van der Waals surface area contributed by atoms with Gasteiger partial charge in [0, 0.05) is 47.0 Å². The first-order valence-corrected chi connectivity index (χ1v) is 8.44. The molecule has 0 saturated heterocycles. The van der Waals surface area contributed by atoms with Crippen molar-refractivity contribution in [2.75, 3.05) is 19.6 Å². The van der Waals surface area contributed by atoms with Gasteiger partial charge in [-0.25, -0.2) is 0 Å². The van der Waals surface area contributed by atoms with E-state index in [4.69, 9.17) is 0 Å². The second kappa shape index (κ2) is 6.61. The van der Waals surface area contributed by atoms with E-state index in [0.717, 1.165) is 53.5 Å². The highest BCUT2D eigenvalue weighted by molar-refractivity contribution is 6.09. The first kappa shape index (κ1) is 16.5. The van der Waals surface area contributed by atoms with Gasteiger partial charge < -0.3 is 9.47 Å². The number of hydrogen-bond acceptors (Lipinski definition) is 3. The van der Waals surface area contributed by atoms with Crippen LogP contribution in [0.1, 0.15) is 19.4 Å². The summed E-state index contributed by atoms with van der Waals surface area (Å²) in [5, 5.41) is 13.2. The Morgan fingerprint density at radius 1 is 1.04 bits per heavy atom. The molecule has 0 aliphatic heterocycles. The fourth-order valence-corrected chi connectivity index (χ4v) is 3.34. The van der Waals surface area contributed by atoms with E-state index in [0.29, 0.717) is 0 Å². The van der Waals surface area contributed by atoms with Crippen LogP contribution in [0.2, 0.25) is 0 Å². The number of rotatable bonds is 6.